The van der Waals surface area contributed by atoms with E-state index < -0.39 is 28.2 Å². The number of fused-ring (bicyclic) bond motifs is 1. The number of rotatable bonds is 5. The van der Waals surface area contributed by atoms with Crippen molar-refractivity contribution in [2.45, 2.75) is 25.2 Å². The minimum Gasteiger partial charge on any atom is -0.494 e. The molecule has 2 aliphatic heterocycles. The van der Waals surface area contributed by atoms with Crippen LogP contribution in [0.3, 0.4) is 0 Å². The molecule has 2 aliphatic rings. The normalized spacial score (nSPS) is 17.6. The number of nitro groups is 1. The van der Waals surface area contributed by atoms with Gasteiger partial charge in [-0.1, -0.05) is 0 Å². The molecular formula is C19H20N6O6. The van der Waals surface area contributed by atoms with Crippen molar-refractivity contribution in [3.63, 3.8) is 0 Å². The van der Waals surface area contributed by atoms with Crippen LogP contribution >= 0.6 is 0 Å². The molecule has 2 amide bonds. The van der Waals surface area contributed by atoms with Gasteiger partial charge in [-0.15, -0.1) is 0 Å². The molecule has 1 aromatic heterocycles. The molecule has 0 aliphatic carbocycles. The predicted octanol–water partition coefficient (Wildman–Crippen LogP) is 1.35. The van der Waals surface area contributed by atoms with Gasteiger partial charge in [-0.25, -0.2) is 0 Å². The van der Waals surface area contributed by atoms with Gasteiger partial charge >= 0.3 is 0 Å². The summed E-state index contributed by atoms with van der Waals surface area (Å²) in [6.45, 7) is 1.50. The molecule has 31 heavy (non-hydrogen) atoms. The number of aromatic amines is 1. The second kappa shape index (κ2) is 8.05. The molecule has 4 rings (SSSR count). The number of hydrogen-bond donors (Lipinski definition) is 3. The lowest BCUT2D eigenvalue weighted by Gasteiger charge is -2.25. The molecule has 3 heterocycles. The number of methoxy groups -OCH3 is 1. The monoisotopic (exact) mass is 428 g/mol. The molecule has 162 valence electrons. The molecule has 2 aromatic rings. The molecule has 0 radical (unpaired) electrons. The van der Waals surface area contributed by atoms with Crippen LogP contribution in [0.1, 0.15) is 30.7 Å². The van der Waals surface area contributed by atoms with E-state index in [1.165, 1.54) is 25.3 Å². The second-order valence-electron chi connectivity index (χ2n) is 7.28. The lowest BCUT2D eigenvalue weighted by molar-refractivity contribution is -0.384. The molecule has 1 fully saturated rings. The number of nitro benzene ring substituents is 1. The van der Waals surface area contributed by atoms with Gasteiger partial charge in [-0.3, -0.25) is 29.5 Å². The fourth-order valence-electron chi connectivity index (χ4n) is 3.78. The fourth-order valence-corrected chi connectivity index (χ4v) is 3.78. The minimum atomic E-state index is -1.08. The van der Waals surface area contributed by atoms with Crippen molar-refractivity contribution < 1.29 is 19.2 Å². The van der Waals surface area contributed by atoms with Gasteiger partial charge in [0, 0.05) is 25.6 Å². The predicted molar refractivity (Wildman–Crippen MR) is 111 cm³/mol. The summed E-state index contributed by atoms with van der Waals surface area (Å²) in [5, 5.41) is 16.1. The summed E-state index contributed by atoms with van der Waals surface area (Å²) in [6, 6.07) is 3.72. The summed E-state index contributed by atoms with van der Waals surface area (Å²) in [5.41, 5.74) is -0.445. The Morgan fingerprint density at radius 3 is 2.74 bits per heavy atom. The van der Waals surface area contributed by atoms with Crippen molar-refractivity contribution >= 4 is 35.0 Å². The maximum Gasteiger partial charge on any atom is 0.273 e. The highest BCUT2D eigenvalue weighted by Gasteiger charge is 2.35. The van der Waals surface area contributed by atoms with Crippen LogP contribution in [0.25, 0.3) is 0 Å². The molecule has 1 atom stereocenters. The van der Waals surface area contributed by atoms with E-state index in [0.717, 1.165) is 25.9 Å². The highest BCUT2D eigenvalue weighted by molar-refractivity contribution is 6.05. The van der Waals surface area contributed by atoms with Gasteiger partial charge < -0.3 is 20.3 Å². The van der Waals surface area contributed by atoms with Gasteiger partial charge in [0.05, 0.1) is 35.3 Å². The zero-order valence-electron chi connectivity index (χ0n) is 16.6. The van der Waals surface area contributed by atoms with Crippen molar-refractivity contribution in [1.29, 1.82) is 0 Å². The van der Waals surface area contributed by atoms with Gasteiger partial charge in [0.25, 0.3) is 11.2 Å². The molecular weight excluding hydrogens is 408 g/mol. The number of non-ortho nitro benzene ring substituents is 1. The first-order valence-corrected chi connectivity index (χ1v) is 9.69. The summed E-state index contributed by atoms with van der Waals surface area (Å²) in [4.78, 5) is 57.4. The van der Waals surface area contributed by atoms with Crippen LogP contribution in [0.15, 0.2) is 23.0 Å². The number of carbonyl (C=O) groups is 2. The van der Waals surface area contributed by atoms with E-state index in [1.54, 1.807) is 0 Å². The SMILES string of the molecule is COc1cc([N+](=O)[O-])ccc1NC(=O)C1CC(=O)Nc2nc(N3CCCC3)[nH]c(=O)c21. The molecule has 1 unspecified atom stereocenters. The van der Waals surface area contributed by atoms with Crippen LogP contribution in [0.4, 0.5) is 23.1 Å². The largest absolute Gasteiger partial charge is 0.494 e. The first-order chi connectivity index (χ1) is 14.9. The number of hydrogen-bond acceptors (Lipinski definition) is 8. The average Bonchev–Trinajstić information content (AvgIpc) is 3.27. The third kappa shape index (κ3) is 3.91. The van der Waals surface area contributed by atoms with Gasteiger partial charge in [0.1, 0.15) is 11.6 Å². The van der Waals surface area contributed by atoms with Gasteiger partial charge in [-0.2, -0.15) is 4.98 Å². The third-order valence-corrected chi connectivity index (χ3v) is 5.31. The number of carbonyl (C=O) groups excluding carboxylic acids is 2. The first kappa shape index (κ1) is 20.3. The standard InChI is InChI=1S/C19H20N6O6/c1-31-13-8-10(25(29)30)4-5-12(13)20-17(27)11-9-14(26)21-16-15(11)18(28)23-19(22-16)24-6-2-3-7-24/h4-5,8,11H,2-3,6-7,9H2,1H3,(H,20,27)(H2,21,22,23,26,28). The Labute approximate surface area is 175 Å². The Kier molecular flexibility index (Phi) is 5.28. The van der Waals surface area contributed by atoms with E-state index in [-0.39, 0.29) is 34.9 Å². The molecule has 12 heteroatoms. The highest BCUT2D eigenvalue weighted by atomic mass is 16.6. The van der Waals surface area contributed by atoms with Crippen molar-refractivity contribution in [3.8, 4) is 5.75 Å². The van der Waals surface area contributed by atoms with Crippen LogP contribution in [-0.4, -0.2) is 46.9 Å². The maximum absolute atomic E-state index is 13.0. The van der Waals surface area contributed by atoms with E-state index >= 15 is 0 Å². The summed E-state index contributed by atoms with van der Waals surface area (Å²) in [7, 11) is 1.31. The maximum atomic E-state index is 13.0. The molecule has 0 spiro atoms. The van der Waals surface area contributed by atoms with Crippen LogP contribution in [-0.2, 0) is 9.59 Å². The Morgan fingerprint density at radius 2 is 2.06 bits per heavy atom. The van der Waals surface area contributed by atoms with Gasteiger partial charge in [-0.05, 0) is 18.9 Å². The van der Waals surface area contributed by atoms with Crippen LogP contribution < -0.4 is 25.8 Å². The van der Waals surface area contributed by atoms with E-state index in [4.69, 9.17) is 4.74 Å². The van der Waals surface area contributed by atoms with Gasteiger partial charge in [0.2, 0.25) is 17.8 Å². The number of nitrogens with one attached hydrogen (secondary N) is 3. The number of aromatic nitrogens is 2. The van der Waals surface area contributed by atoms with Crippen molar-refractivity contribution in [3.05, 3.63) is 44.2 Å². The zero-order chi connectivity index (χ0) is 22.1. The quantitative estimate of drug-likeness (QED) is 0.475. The summed E-state index contributed by atoms with van der Waals surface area (Å²) >= 11 is 0. The number of benzene rings is 1. The van der Waals surface area contributed by atoms with E-state index in [2.05, 4.69) is 20.6 Å². The van der Waals surface area contributed by atoms with Crippen LogP contribution in [0.5, 0.6) is 5.75 Å². The summed E-state index contributed by atoms with van der Waals surface area (Å²) in [6.07, 6.45) is 1.73. The van der Waals surface area contributed by atoms with Gasteiger partial charge in [0.15, 0.2) is 0 Å². The minimum absolute atomic E-state index is 0.0673. The summed E-state index contributed by atoms with van der Waals surface area (Å²) in [5.74, 6) is -1.62. The highest BCUT2D eigenvalue weighted by Crippen LogP contribution is 2.33. The number of H-pyrrole nitrogens is 1. The van der Waals surface area contributed by atoms with E-state index in [9.17, 15) is 24.5 Å². The third-order valence-electron chi connectivity index (χ3n) is 5.31. The number of ether oxygens (including phenoxy) is 1. The summed E-state index contributed by atoms with van der Waals surface area (Å²) < 4.78 is 5.13. The zero-order valence-corrected chi connectivity index (χ0v) is 16.6. The molecule has 0 bridgehead atoms. The molecule has 3 N–H and O–H groups in total. The number of amides is 2. The Balaban J connectivity index is 1.65. The van der Waals surface area contributed by atoms with Crippen molar-refractivity contribution in [2.75, 3.05) is 35.7 Å². The van der Waals surface area contributed by atoms with E-state index in [1.807, 2.05) is 4.90 Å². The number of nitrogens with zero attached hydrogens (tertiary/aromatic N) is 3. The Bertz CT molecular complexity index is 1120. The second-order valence-corrected chi connectivity index (χ2v) is 7.28. The lowest BCUT2D eigenvalue weighted by Crippen LogP contribution is -2.37. The Hall–Kier alpha value is -3.96. The Morgan fingerprint density at radius 1 is 1.32 bits per heavy atom. The lowest BCUT2D eigenvalue weighted by atomic mass is 9.92. The van der Waals surface area contributed by atoms with Crippen molar-refractivity contribution in [1.82, 2.24) is 9.97 Å². The first-order valence-electron chi connectivity index (χ1n) is 9.69. The molecule has 1 saturated heterocycles. The molecule has 0 saturated carbocycles. The van der Waals surface area contributed by atoms with Crippen molar-refractivity contribution in [2.24, 2.45) is 0 Å². The van der Waals surface area contributed by atoms with Crippen LogP contribution in [0, 0.1) is 10.1 Å². The number of anilines is 3. The topological polar surface area (TPSA) is 160 Å². The average molecular weight is 428 g/mol. The van der Waals surface area contributed by atoms with Crippen LogP contribution in [0.2, 0.25) is 0 Å². The smallest absolute Gasteiger partial charge is 0.273 e. The van der Waals surface area contributed by atoms with E-state index in [0.29, 0.717) is 5.95 Å². The molecule has 1 aromatic carbocycles. The molecule has 12 nitrogen and oxygen atoms in total. The fraction of sp³-hybridized carbons (Fsp3) is 0.368.